The van der Waals surface area contributed by atoms with E-state index in [0.29, 0.717) is 6.54 Å². The van der Waals surface area contributed by atoms with E-state index in [-0.39, 0.29) is 12.2 Å². The van der Waals surface area contributed by atoms with Crippen LogP contribution in [0.3, 0.4) is 0 Å². The van der Waals surface area contributed by atoms with Gasteiger partial charge in [-0.1, -0.05) is 21.9 Å². The van der Waals surface area contributed by atoms with E-state index in [2.05, 4.69) is 27.2 Å². The first kappa shape index (κ1) is 16.0. The lowest BCUT2D eigenvalue weighted by Crippen LogP contribution is -2.36. The number of nitrogens with one attached hydrogen (secondary N) is 1. The average molecular weight is 326 g/mol. The van der Waals surface area contributed by atoms with Crippen LogP contribution in [0.4, 0.5) is 0 Å². The van der Waals surface area contributed by atoms with Gasteiger partial charge in [0.15, 0.2) is 0 Å². The highest BCUT2D eigenvalue weighted by molar-refractivity contribution is 9.10. The minimum absolute atomic E-state index is 0.189. The molecule has 0 radical (unpaired) electrons. The van der Waals surface area contributed by atoms with E-state index in [1.165, 1.54) is 0 Å². The highest BCUT2D eigenvalue weighted by Crippen LogP contribution is 2.23. The summed E-state index contributed by atoms with van der Waals surface area (Å²) in [6.07, 6.45) is 5.22. The topological polar surface area (TPSA) is 30.5 Å². The lowest BCUT2D eigenvalue weighted by atomic mass is 10.1. The Labute approximate surface area is 123 Å². The fraction of sp³-hybridized carbons (Fsp3) is 0.467. The summed E-state index contributed by atoms with van der Waals surface area (Å²) < 4.78 is 11.9. The molecule has 0 bridgehead atoms. The molecule has 0 aromatic heterocycles. The zero-order valence-corrected chi connectivity index (χ0v) is 13.2. The van der Waals surface area contributed by atoms with Gasteiger partial charge in [-0.15, -0.1) is 6.42 Å². The van der Waals surface area contributed by atoms with E-state index in [0.717, 1.165) is 22.3 Å². The smallest absolute Gasteiger partial charge is 0.148 e. The molecule has 0 saturated heterocycles. The van der Waals surface area contributed by atoms with E-state index in [1.807, 2.05) is 32.0 Å². The molecule has 3 nitrogen and oxygen atoms in total. The van der Waals surface area contributed by atoms with E-state index in [9.17, 15) is 0 Å². The molecule has 0 aliphatic carbocycles. The van der Waals surface area contributed by atoms with Crippen LogP contribution in [0.15, 0.2) is 22.7 Å². The summed E-state index contributed by atoms with van der Waals surface area (Å²) in [5.74, 6) is 3.28. The number of rotatable bonds is 7. The number of hydrogen-bond donors (Lipinski definition) is 1. The predicted molar refractivity (Wildman–Crippen MR) is 81.3 cm³/mol. The third-order valence-corrected chi connectivity index (χ3v) is 3.25. The molecule has 0 unspecified atom stereocenters. The Bertz CT molecular complexity index is 452. The molecular weight excluding hydrogens is 306 g/mol. The Morgan fingerprint density at radius 2 is 2.16 bits per heavy atom. The Morgan fingerprint density at radius 1 is 1.42 bits per heavy atom. The molecule has 0 saturated carbocycles. The first-order valence-corrected chi connectivity index (χ1v) is 6.88. The van der Waals surface area contributed by atoms with Gasteiger partial charge in [-0.3, -0.25) is 0 Å². The van der Waals surface area contributed by atoms with Crippen LogP contribution in [0, 0.1) is 12.3 Å². The molecule has 0 aliphatic heterocycles. The molecule has 0 fully saturated rings. The van der Waals surface area contributed by atoms with Crippen LogP contribution in [-0.4, -0.2) is 25.9 Å². The minimum Gasteiger partial charge on any atom is -0.481 e. The van der Waals surface area contributed by atoms with Gasteiger partial charge in [0, 0.05) is 30.2 Å². The predicted octanol–water partition coefficient (Wildman–Crippen LogP) is 2.98. The first-order chi connectivity index (χ1) is 8.98. The van der Waals surface area contributed by atoms with Gasteiger partial charge in [-0.2, -0.15) is 0 Å². The maximum absolute atomic E-state index is 5.52. The van der Waals surface area contributed by atoms with E-state index in [4.69, 9.17) is 15.9 Å². The monoisotopic (exact) mass is 325 g/mol. The molecule has 19 heavy (non-hydrogen) atoms. The molecular formula is C15H20BrNO2. The van der Waals surface area contributed by atoms with Crippen LogP contribution in [0.5, 0.6) is 5.75 Å². The number of ether oxygens (including phenoxy) is 2. The summed E-state index contributed by atoms with van der Waals surface area (Å²) >= 11 is 3.46. The molecule has 0 amide bonds. The number of hydrogen-bond acceptors (Lipinski definition) is 3. The minimum atomic E-state index is -0.189. The Hall–Kier alpha value is -1.02. The van der Waals surface area contributed by atoms with Gasteiger partial charge in [0.05, 0.1) is 5.60 Å². The van der Waals surface area contributed by atoms with Crippen LogP contribution >= 0.6 is 15.9 Å². The lowest BCUT2D eigenvalue weighted by molar-refractivity contribution is 0.0230. The molecule has 1 N–H and O–H groups in total. The highest BCUT2D eigenvalue weighted by atomic mass is 79.9. The van der Waals surface area contributed by atoms with E-state index >= 15 is 0 Å². The van der Waals surface area contributed by atoms with Crippen LogP contribution in [0.1, 0.15) is 19.4 Å². The van der Waals surface area contributed by atoms with Gasteiger partial charge in [0.2, 0.25) is 0 Å². The molecule has 104 valence electrons. The van der Waals surface area contributed by atoms with Crippen LogP contribution < -0.4 is 10.1 Å². The van der Waals surface area contributed by atoms with Crippen molar-refractivity contribution in [1.82, 2.24) is 5.32 Å². The third-order valence-electron chi connectivity index (χ3n) is 2.75. The lowest BCUT2D eigenvalue weighted by Gasteiger charge is -2.23. The van der Waals surface area contributed by atoms with Crippen molar-refractivity contribution >= 4 is 15.9 Å². The van der Waals surface area contributed by atoms with Crippen LogP contribution in [0.25, 0.3) is 0 Å². The zero-order chi connectivity index (χ0) is 14.3. The van der Waals surface area contributed by atoms with Gasteiger partial charge >= 0.3 is 0 Å². The molecule has 0 heterocycles. The van der Waals surface area contributed by atoms with Crippen molar-refractivity contribution in [2.24, 2.45) is 0 Å². The van der Waals surface area contributed by atoms with Crippen LogP contribution in [-0.2, 0) is 11.3 Å². The Morgan fingerprint density at radius 3 is 2.79 bits per heavy atom. The average Bonchev–Trinajstić information content (AvgIpc) is 2.38. The molecule has 1 aromatic carbocycles. The van der Waals surface area contributed by atoms with E-state index < -0.39 is 0 Å². The van der Waals surface area contributed by atoms with Crippen molar-refractivity contribution in [2.75, 3.05) is 20.3 Å². The second-order valence-electron chi connectivity index (χ2n) is 4.81. The summed E-state index contributed by atoms with van der Waals surface area (Å²) in [5.41, 5.74) is 0.878. The van der Waals surface area contributed by atoms with Gasteiger partial charge in [0.1, 0.15) is 12.4 Å². The summed E-state index contributed by atoms with van der Waals surface area (Å²) in [6, 6.07) is 5.88. The second-order valence-corrected chi connectivity index (χ2v) is 5.73. The standard InChI is InChI=1S/C15H20BrNO2/c1-5-8-19-14-7-6-13(16)9-12(14)10-17-11-15(2,3)18-4/h1,6-7,9,17H,8,10-11H2,2-4H3. The SMILES string of the molecule is C#CCOc1ccc(Br)cc1CNCC(C)(C)OC. The van der Waals surface area contributed by atoms with E-state index in [1.54, 1.807) is 7.11 Å². The number of benzene rings is 1. The summed E-state index contributed by atoms with van der Waals surface area (Å²) in [7, 11) is 1.71. The summed E-state index contributed by atoms with van der Waals surface area (Å²) in [6.45, 7) is 5.81. The quantitative estimate of drug-likeness (QED) is 0.782. The fourth-order valence-corrected chi connectivity index (χ4v) is 1.93. The third kappa shape index (κ3) is 5.65. The number of methoxy groups -OCH3 is 1. The Kier molecular flexibility index (Phi) is 6.36. The van der Waals surface area contributed by atoms with Crippen molar-refractivity contribution in [3.63, 3.8) is 0 Å². The van der Waals surface area contributed by atoms with Crippen molar-refractivity contribution in [1.29, 1.82) is 0 Å². The molecule has 0 spiro atoms. The normalized spacial score (nSPS) is 11.1. The largest absolute Gasteiger partial charge is 0.481 e. The first-order valence-electron chi connectivity index (χ1n) is 6.09. The van der Waals surface area contributed by atoms with Gasteiger partial charge in [0.25, 0.3) is 0 Å². The van der Waals surface area contributed by atoms with Crippen molar-refractivity contribution in [3.8, 4) is 18.1 Å². The second kappa shape index (κ2) is 7.54. The van der Waals surface area contributed by atoms with Crippen molar-refractivity contribution in [2.45, 2.75) is 26.0 Å². The molecule has 0 aliphatic rings. The van der Waals surface area contributed by atoms with Gasteiger partial charge in [-0.05, 0) is 32.0 Å². The molecule has 1 aromatic rings. The molecule has 0 atom stereocenters. The van der Waals surface area contributed by atoms with Crippen LogP contribution in [0.2, 0.25) is 0 Å². The highest BCUT2D eigenvalue weighted by Gasteiger charge is 2.15. The summed E-state index contributed by atoms with van der Waals surface area (Å²) in [5, 5.41) is 3.36. The van der Waals surface area contributed by atoms with Gasteiger partial charge in [-0.25, -0.2) is 0 Å². The molecule has 1 rings (SSSR count). The fourth-order valence-electron chi connectivity index (χ4n) is 1.52. The van der Waals surface area contributed by atoms with Crippen molar-refractivity contribution in [3.05, 3.63) is 28.2 Å². The Balaban J connectivity index is 2.65. The molecule has 4 heteroatoms. The summed E-state index contributed by atoms with van der Waals surface area (Å²) in [4.78, 5) is 0. The van der Waals surface area contributed by atoms with Gasteiger partial charge < -0.3 is 14.8 Å². The van der Waals surface area contributed by atoms with Crippen molar-refractivity contribution < 1.29 is 9.47 Å². The maximum Gasteiger partial charge on any atom is 0.148 e. The number of halogens is 1. The number of terminal acetylenes is 1. The zero-order valence-electron chi connectivity index (χ0n) is 11.6. The maximum atomic E-state index is 5.52.